The molecule has 0 aliphatic carbocycles. The Balaban J connectivity index is 1.62. The van der Waals surface area contributed by atoms with Crippen LogP contribution in [0, 0.1) is 17.1 Å². The molecule has 1 N–H and O–H groups in total. The number of aromatic nitrogens is 2. The van der Waals surface area contributed by atoms with Crippen molar-refractivity contribution in [3.8, 4) is 39.6 Å². The third-order valence-corrected chi connectivity index (χ3v) is 8.91. The maximum absolute atomic E-state index is 14.7. The molecule has 5 nitrogen and oxygen atoms in total. The zero-order valence-electron chi connectivity index (χ0n) is 21.8. The number of thiophene rings is 1. The molecule has 212 valence electrons. The van der Waals surface area contributed by atoms with Crippen molar-refractivity contribution in [2.24, 2.45) is 0 Å². The van der Waals surface area contributed by atoms with Crippen molar-refractivity contribution in [1.82, 2.24) is 8.96 Å². The summed E-state index contributed by atoms with van der Waals surface area (Å²) in [4.78, 5) is 16.3. The SMILES string of the molecule is N#Cc1sccc1-c1c(-c2cccc(-c3ccc(C(=O)O)cc3Cl)c2)n(Sc2ccc(C(F)F)nc2)c2ccc(F)cc12. The first-order chi connectivity index (χ1) is 20.7. The first kappa shape index (κ1) is 28.6. The highest BCUT2D eigenvalue weighted by Crippen LogP contribution is 2.47. The van der Waals surface area contributed by atoms with Gasteiger partial charge in [-0.3, -0.25) is 8.96 Å². The van der Waals surface area contributed by atoms with E-state index in [4.69, 9.17) is 11.6 Å². The van der Waals surface area contributed by atoms with Crippen LogP contribution in [0.4, 0.5) is 13.2 Å². The number of carboxylic acids is 1. The maximum Gasteiger partial charge on any atom is 0.335 e. The highest BCUT2D eigenvalue weighted by atomic mass is 35.5. The normalized spacial score (nSPS) is 11.3. The number of hydrogen-bond donors (Lipinski definition) is 1. The summed E-state index contributed by atoms with van der Waals surface area (Å²) in [5.41, 5.74) is 4.24. The molecule has 0 unspecified atom stereocenters. The van der Waals surface area contributed by atoms with Crippen LogP contribution in [0.2, 0.25) is 5.02 Å². The van der Waals surface area contributed by atoms with Crippen molar-refractivity contribution >= 4 is 51.8 Å². The molecule has 0 radical (unpaired) electrons. The number of benzene rings is 3. The second-order valence-electron chi connectivity index (χ2n) is 9.35. The van der Waals surface area contributed by atoms with Crippen LogP contribution < -0.4 is 0 Å². The van der Waals surface area contributed by atoms with Crippen LogP contribution in [0.3, 0.4) is 0 Å². The average molecular weight is 632 g/mol. The number of pyridine rings is 1. The second-order valence-corrected chi connectivity index (χ2v) is 11.7. The van der Waals surface area contributed by atoms with Gasteiger partial charge in [-0.2, -0.15) is 5.26 Å². The molecule has 0 saturated carbocycles. The molecule has 0 fully saturated rings. The number of rotatable bonds is 7. The van der Waals surface area contributed by atoms with Gasteiger partial charge in [0.25, 0.3) is 6.43 Å². The lowest BCUT2D eigenvalue weighted by molar-refractivity contribution is 0.0697. The van der Waals surface area contributed by atoms with Crippen LogP contribution in [0.15, 0.2) is 95.3 Å². The highest BCUT2D eigenvalue weighted by Gasteiger charge is 2.25. The van der Waals surface area contributed by atoms with Crippen molar-refractivity contribution in [1.29, 1.82) is 5.26 Å². The number of hydrogen-bond acceptors (Lipinski definition) is 5. The van der Waals surface area contributed by atoms with Gasteiger partial charge in [-0.25, -0.2) is 18.0 Å². The van der Waals surface area contributed by atoms with Crippen LogP contribution >= 0.6 is 34.9 Å². The second kappa shape index (κ2) is 11.6. The van der Waals surface area contributed by atoms with Gasteiger partial charge < -0.3 is 5.11 Å². The number of carbonyl (C=O) groups is 1. The van der Waals surface area contributed by atoms with E-state index < -0.39 is 18.2 Å². The number of nitriles is 1. The topological polar surface area (TPSA) is 78.9 Å². The Kier molecular flexibility index (Phi) is 7.71. The molecule has 0 aliphatic heterocycles. The molecule has 0 atom stereocenters. The summed E-state index contributed by atoms with van der Waals surface area (Å²) in [5, 5.41) is 21.9. The molecular weight excluding hydrogens is 615 g/mol. The summed E-state index contributed by atoms with van der Waals surface area (Å²) in [7, 11) is 0. The zero-order valence-corrected chi connectivity index (χ0v) is 24.2. The van der Waals surface area contributed by atoms with Gasteiger partial charge in [0.15, 0.2) is 0 Å². The molecule has 0 amide bonds. The monoisotopic (exact) mass is 631 g/mol. The van der Waals surface area contributed by atoms with Crippen molar-refractivity contribution in [2.75, 3.05) is 0 Å². The lowest BCUT2D eigenvalue weighted by atomic mass is 9.96. The molecule has 3 heterocycles. The third kappa shape index (κ3) is 5.39. The summed E-state index contributed by atoms with van der Waals surface area (Å²) in [6, 6.07) is 23.1. The van der Waals surface area contributed by atoms with Crippen LogP contribution in [0.1, 0.15) is 27.4 Å². The Labute approximate surface area is 256 Å². The Morgan fingerprint density at radius 1 is 1.02 bits per heavy atom. The molecule has 6 aromatic rings. The predicted octanol–water partition coefficient (Wildman–Crippen LogP) is 9.95. The van der Waals surface area contributed by atoms with Gasteiger partial charge in [0, 0.05) is 43.8 Å². The van der Waals surface area contributed by atoms with Crippen LogP contribution in [0.5, 0.6) is 0 Å². The molecule has 0 bridgehead atoms. The fourth-order valence-corrected chi connectivity index (χ4v) is 6.82. The molecule has 0 spiro atoms. The van der Waals surface area contributed by atoms with E-state index >= 15 is 0 Å². The van der Waals surface area contributed by atoms with Crippen molar-refractivity contribution in [3.05, 3.63) is 117 Å². The quantitative estimate of drug-likeness (QED) is 0.190. The van der Waals surface area contributed by atoms with E-state index in [0.717, 1.165) is 0 Å². The first-order valence-electron chi connectivity index (χ1n) is 12.6. The number of aromatic carboxylic acids is 1. The lowest BCUT2D eigenvalue weighted by Gasteiger charge is -2.14. The minimum Gasteiger partial charge on any atom is -0.478 e. The fourth-order valence-electron chi connectivity index (χ4n) is 4.85. The van der Waals surface area contributed by atoms with Crippen molar-refractivity contribution in [2.45, 2.75) is 11.3 Å². The van der Waals surface area contributed by atoms with Gasteiger partial charge in [0.2, 0.25) is 0 Å². The number of fused-ring (bicyclic) bond motifs is 1. The largest absolute Gasteiger partial charge is 0.478 e. The first-order valence-corrected chi connectivity index (χ1v) is 14.7. The number of nitrogens with zero attached hydrogens (tertiary/aromatic N) is 3. The third-order valence-electron chi connectivity index (χ3n) is 6.77. The van der Waals surface area contributed by atoms with E-state index in [1.165, 1.54) is 59.8 Å². The molecule has 0 aliphatic rings. The summed E-state index contributed by atoms with van der Waals surface area (Å²) in [6.07, 6.45) is -1.35. The Hall–Kier alpha value is -4.56. The van der Waals surface area contributed by atoms with Crippen LogP contribution in [0.25, 0.3) is 44.4 Å². The zero-order chi connectivity index (χ0) is 30.2. The lowest BCUT2D eigenvalue weighted by Crippen LogP contribution is -1.96. The summed E-state index contributed by atoms with van der Waals surface area (Å²) < 4.78 is 43.0. The van der Waals surface area contributed by atoms with Gasteiger partial charge in [-0.05, 0) is 77.5 Å². The molecular formula is C32H17ClF3N3O2S2. The van der Waals surface area contributed by atoms with E-state index in [1.807, 2.05) is 34.3 Å². The Morgan fingerprint density at radius 3 is 2.53 bits per heavy atom. The molecule has 3 aromatic heterocycles. The van der Waals surface area contributed by atoms with E-state index in [2.05, 4.69) is 11.1 Å². The standard InChI is InChI=1S/C32H17ClF3N3O2S2/c33-25-13-19(32(40)41)4-7-22(25)17-2-1-3-18(12-17)30-29(23-10-11-42-28(23)15-37)24-14-20(34)5-9-27(24)39(30)43-21-6-8-26(31(35)36)38-16-21/h1-14,16,31H,(H,40,41). The molecule has 6 rings (SSSR count). The fraction of sp³-hybridized carbons (Fsp3) is 0.0312. The van der Waals surface area contributed by atoms with Gasteiger partial charge in [0.1, 0.15) is 22.5 Å². The van der Waals surface area contributed by atoms with Gasteiger partial charge in [-0.1, -0.05) is 35.9 Å². The minimum absolute atomic E-state index is 0.0544. The smallest absolute Gasteiger partial charge is 0.335 e. The van der Waals surface area contributed by atoms with Gasteiger partial charge in [0.05, 0.1) is 16.8 Å². The predicted molar refractivity (Wildman–Crippen MR) is 163 cm³/mol. The van der Waals surface area contributed by atoms with E-state index in [0.29, 0.717) is 54.2 Å². The van der Waals surface area contributed by atoms with Crippen LogP contribution in [-0.2, 0) is 0 Å². The van der Waals surface area contributed by atoms with Gasteiger partial charge in [-0.15, -0.1) is 11.3 Å². The summed E-state index contributed by atoms with van der Waals surface area (Å²) in [5.74, 6) is -1.56. The molecule has 0 saturated heterocycles. The van der Waals surface area contributed by atoms with Gasteiger partial charge >= 0.3 is 5.97 Å². The Bertz CT molecular complexity index is 2070. The van der Waals surface area contributed by atoms with E-state index in [9.17, 15) is 28.3 Å². The Morgan fingerprint density at radius 2 is 1.84 bits per heavy atom. The van der Waals surface area contributed by atoms with E-state index in [-0.39, 0.29) is 16.3 Å². The molecule has 3 aromatic carbocycles. The van der Waals surface area contributed by atoms with E-state index in [1.54, 1.807) is 23.6 Å². The number of halogens is 4. The highest BCUT2D eigenvalue weighted by molar-refractivity contribution is 7.98. The number of carboxylic acid groups (broad SMARTS) is 1. The molecule has 11 heteroatoms. The average Bonchev–Trinajstić information content (AvgIpc) is 3.59. The number of alkyl halides is 2. The summed E-state index contributed by atoms with van der Waals surface area (Å²) in [6.45, 7) is 0. The van der Waals surface area contributed by atoms with Crippen LogP contribution in [-0.4, -0.2) is 20.0 Å². The minimum atomic E-state index is -2.71. The summed E-state index contributed by atoms with van der Waals surface area (Å²) >= 11 is 8.99. The van der Waals surface area contributed by atoms with Crippen molar-refractivity contribution < 1.29 is 23.1 Å². The van der Waals surface area contributed by atoms with Crippen molar-refractivity contribution in [3.63, 3.8) is 0 Å². The molecule has 43 heavy (non-hydrogen) atoms. The maximum atomic E-state index is 14.7.